The van der Waals surface area contributed by atoms with Gasteiger partial charge in [0.2, 0.25) is 10.6 Å². The number of halogens is 3. The Bertz CT molecular complexity index is 2510. The first kappa shape index (κ1) is 41.0. The number of morpholine rings is 2. The first-order valence-electron chi connectivity index (χ1n) is 21.5. The van der Waals surface area contributed by atoms with Crippen molar-refractivity contribution in [2.24, 2.45) is 0 Å². The van der Waals surface area contributed by atoms with Gasteiger partial charge in [-0.15, -0.1) is 22.7 Å². The van der Waals surface area contributed by atoms with Gasteiger partial charge in [0.25, 0.3) is 0 Å². The molecule has 4 fully saturated rings. The SMILES string of the molecule is C1CCOC1.Clc1nc(Cl)c2sc3nc(N4CCOCC4)c4c(c3c2n1)CCCC4.Clc1nc(N2CCNCC2)c2sc3nc(N4CCOCC4)c4c(c3c2n1)CCCC4. The van der Waals surface area contributed by atoms with Crippen LogP contribution >= 0.6 is 57.5 Å². The number of fused-ring (bicyclic) bond motifs is 10. The number of thiophene rings is 2. The second-order valence-electron chi connectivity index (χ2n) is 16.0. The van der Waals surface area contributed by atoms with Crippen molar-refractivity contribution in [3.63, 3.8) is 0 Å². The molecule has 6 aliphatic rings. The molecule has 0 bridgehead atoms. The van der Waals surface area contributed by atoms with Crippen LogP contribution in [0.4, 0.5) is 17.5 Å². The molecule has 12 rings (SSSR count). The van der Waals surface area contributed by atoms with Gasteiger partial charge in [0.1, 0.15) is 21.3 Å². The summed E-state index contributed by atoms with van der Waals surface area (Å²) < 4.78 is 18.0. The number of hydrogen-bond donors (Lipinski definition) is 1. The summed E-state index contributed by atoms with van der Waals surface area (Å²) in [7, 11) is 0. The molecule has 6 aromatic rings. The number of hydrogen-bond acceptors (Lipinski definition) is 15. The molecule has 0 amide bonds. The molecule has 0 saturated carbocycles. The first-order valence-corrected chi connectivity index (χ1v) is 24.3. The van der Waals surface area contributed by atoms with Crippen LogP contribution in [0.25, 0.3) is 40.9 Å². The van der Waals surface area contributed by atoms with E-state index in [1.807, 2.05) is 0 Å². The van der Waals surface area contributed by atoms with Crippen LogP contribution in [0.3, 0.4) is 0 Å². The highest BCUT2D eigenvalue weighted by Crippen LogP contribution is 2.45. The van der Waals surface area contributed by atoms with Gasteiger partial charge in [-0.2, -0.15) is 4.98 Å². The van der Waals surface area contributed by atoms with E-state index in [-0.39, 0.29) is 5.28 Å². The summed E-state index contributed by atoms with van der Waals surface area (Å²) in [5.74, 6) is 3.24. The number of ether oxygens (including phenoxy) is 3. The van der Waals surface area contributed by atoms with E-state index >= 15 is 0 Å². The van der Waals surface area contributed by atoms with Crippen LogP contribution in [0.5, 0.6) is 0 Å². The monoisotopic (exact) mass is 910 g/mol. The van der Waals surface area contributed by atoms with E-state index in [0.29, 0.717) is 10.4 Å². The van der Waals surface area contributed by atoms with Crippen molar-refractivity contribution in [2.75, 3.05) is 107 Å². The average Bonchev–Trinajstić information content (AvgIpc) is 4.08. The maximum Gasteiger partial charge on any atom is 0.224 e. The number of piperazine rings is 1. The zero-order valence-corrected chi connectivity index (χ0v) is 37.6. The lowest BCUT2D eigenvalue weighted by Gasteiger charge is -2.31. The topological polar surface area (TPSA) is 127 Å². The molecule has 2 aliphatic carbocycles. The summed E-state index contributed by atoms with van der Waals surface area (Å²) in [5, 5.41) is 6.69. The fourth-order valence-electron chi connectivity index (χ4n) is 9.39. The molecule has 4 saturated heterocycles. The van der Waals surface area contributed by atoms with Gasteiger partial charge in [0.05, 0.1) is 46.9 Å². The number of nitrogens with zero attached hydrogens (tertiary/aromatic N) is 9. The minimum absolute atomic E-state index is 0.194. The summed E-state index contributed by atoms with van der Waals surface area (Å²) in [6.45, 7) is 12.4. The molecule has 4 aliphatic heterocycles. The lowest BCUT2D eigenvalue weighted by molar-refractivity contribution is 0.122. The lowest BCUT2D eigenvalue weighted by atomic mass is 9.90. The van der Waals surface area contributed by atoms with Gasteiger partial charge >= 0.3 is 0 Å². The molecular formula is C42H49Cl3N10O3S2. The second kappa shape index (κ2) is 18.4. The van der Waals surface area contributed by atoms with E-state index in [1.54, 1.807) is 22.7 Å². The maximum absolute atomic E-state index is 6.43. The number of rotatable bonds is 3. The molecule has 0 radical (unpaired) electrons. The Morgan fingerprint density at radius 3 is 1.42 bits per heavy atom. The van der Waals surface area contributed by atoms with Crippen molar-refractivity contribution in [3.05, 3.63) is 38.0 Å². The van der Waals surface area contributed by atoms with Crippen molar-refractivity contribution in [1.82, 2.24) is 35.2 Å². The average molecular weight is 912 g/mol. The van der Waals surface area contributed by atoms with Crippen LogP contribution in [0.15, 0.2) is 0 Å². The van der Waals surface area contributed by atoms with E-state index in [2.05, 4.69) is 35.0 Å². The molecule has 0 atom stereocenters. The predicted molar refractivity (Wildman–Crippen MR) is 245 cm³/mol. The largest absolute Gasteiger partial charge is 0.381 e. The molecule has 60 heavy (non-hydrogen) atoms. The summed E-state index contributed by atoms with van der Waals surface area (Å²) in [6, 6.07) is 0. The van der Waals surface area contributed by atoms with Gasteiger partial charge < -0.3 is 34.2 Å². The summed E-state index contributed by atoms with van der Waals surface area (Å²) in [5.41, 5.74) is 7.42. The van der Waals surface area contributed by atoms with Gasteiger partial charge in [-0.25, -0.2) is 24.9 Å². The third-order valence-electron chi connectivity index (χ3n) is 12.3. The normalized spacial score (nSPS) is 19.6. The van der Waals surface area contributed by atoms with Gasteiger partial charge in [-0.1, -0.05) is 11.6 Å². The zero-order chi connectivity index (χ0) is 40.6. The van der Waals surface area contributed by atoms with Crippen LogP contribution in [-0.2, 0) is 39.9 Å². The van der Waals surface area contributed by atoms with Gasteiger partial charge in [0, 0.05) is 76.3 Å². The molecule has 0 spiro atoms. The molecule has 6 aromatic heterocycles. The van der Waals surface area contributed by atoms with Crippen molar-refractivity contribution in [1.29, 1.82) is 0 Å². The Balaban J connectivity index is 0.000000131. The van der Waals surface area contributed by atoms with Crippen LogP contribution in [0.1, 0.15) is 60.8 Å². The number of pyridine rings is 2. The summed E-state index contributed by atoms with van der Waals surface area (Å²) in [4.78, 5) is 37.4. The lowest BCUT2D eigenvalue weighted by Crippen LogP contribution is -2.44. The summed E-state index contributed by atoms with van der Waals surface area (Å²) in [6.07, 6.45) is 11.7. The van der Waals surface area contributed by atoms with Crippen LogP contribution in [0, 0.1) is 0 Å². The maximum atomic E-state index is 6.43. The Morgan fingerprint density at radius 2 is 0.900 bits per heavy atom. The number of aryl methyl sites for hydroxylation is 2. The van der Waals surface area contributed by atoms with Crippen LogP contribution in [-0.4, -0.2) is 122 Å². The van der Waals surface area contributed by atoms with E-state index in [9.17, 15) is 0 Å². The van der Waals surface area contributed by atoms with Crippen LogP contribution < -0.4 is 20.0 Å². The molecule has 318 valence electrons. The number of nitrogens with one attached hydrogen (secondary N) is 1. The van der Waals surface area contributed by atoms with E-state index in [1.165, 1.54) is 66.2 Å². The number of anilines is 3. The van der Waals surface area contributed by atoms with Crippen molar-refractivity contribution < 1.29 is 14.2 Å². The van der Waals surface area contributed by atoms with E-state index in [4.69, 9.17) is 64.0 Å². The quantitative estimate of drug-likeness (QED) is 0.136. The first-order chi connectivity index (χ1) is 29.5. The van der Waals surface area contributed by atoms with Gasteiger partial charge in [0.15, 0.2) is 11.0 Å². The Labute approximate surface area is 372 Å². The fraction of sp³-hybridized carbons (Fsp3) is 0.571. The van der Waals surface area contributed by atoms with E-state index in [0.717, 1.165) is 171 Å². The highest BCUT2D eigenvalue weighted by molar-refractivity contribution is 7.26. The van der Waals surface area contributed by atoms with Crippen molar-refractivity contribution in [2.45, 2.75) is 64.2 Å². The van der Waals surface area contributed by atoms with Gasteiger partial charge in [-0.05, 0) is 110 Å². The zero-order valence-electron chi connectivity index (χ0n) is 33.7. The smallest absolute Gasteiger partial charge is 0.224 e. The Kier molecular flexibility index (Phi) is 12.6. The standard InChI is InChI=1S/C21H25ClN6OS.C17H16Cl2N4OS.C4H8O/c22-21-24-16-15-13-3-1-2-4-14(13)18(28-9-11-29-12-10-28)25-20(15)30-17(16)19(26-21)27-7-5-23-6-8-27;18-14-13-12(20-17(19)21-14)11-9-3-1-2-4-10(9)15(22-16(11)25-13)23-5-7-24-8-6-23;1-2-4-5-3-1/h23H,1-12H2;1-8H2;1-4H2. The molecule has 0 unspecified atom stereocenters. The van der Waals surface area contributed by atoms with Gasteiger partial charge in [-0.3, -0.25) is 0 Å². The molecular weight excluding hydrogens is 863 g/mol. The molecule has 1 N–H and O–H groups in total. The predicted octanol–water partition coefficient (Wildman–Crippen LogP) is 8.08. The third-order valence-corrected chi connectivity index (χ3v) is 15.1. The Morgan fingerprint density at radius 1 is 0.450 bits per heavy atom. The van der Waals surface area contributed by atoms with Crippen LogP contribution in [0.2, 0.25) is 15.7 Å². The van der Waals surface area contributed by atoms with Crippen molar-refractivity contribution in [3.8, 4) is 0 Å². The molecule has 0 aromatic carbocycles. The molecule has 13 nitrogen and oxygen atoms in total. The number of aromatic nitrogens is 6. The van der Waals surface area contributed by atoms with Crippen molar-refractivity contribution >= 4 is 116 Å². The summed E-state index contributed by atoms with van der Waals surface area (Å²) >= 11 is 22.1. The highest BCUT2D eigenvalue weighted by Gasteiger charge is 2.29. The van der Waals surface area contributed by atoms with E-state index < -0.39 is 0 Å². The highest BCUT2D eigenvalue weighted by atomic mass is 35.5. The molecule has 18 heteroatoms. The molecule has 10 heterocycles. The third kappa shape index (κ3) is 8.19. The fourth-order valence-corrected chi connectivity index (χ4v) is 12.2. The Hall–Kier alpha value is -2.99. The second-order valence-corrected chi connectivity index (χ2v) is 19.0. The minimum Gasteiger partial charge on any atom is -0.381 e. The minimum atomic E-state index is 0.194.